The number of benzene rings is 1. The standard InChI is InChI=1S/C14H21N5Si/c1-20(2,11-7-4-3-5-8-11)10-6-9-12-13(15)17-14(16)19-18-12/h3-5,7-8H,6,9-10H2,1-2H3,(H4,15,16,17,19). The molecule has 0 saturated carbocycles. The molecule has 0 aliphatic rings. The van der Waals surface area contributed by atoms with Crippen LogP contribution < -0.4 is 16.7 Å². The van der Waals surface area contributed by atoms with Crippen LogP contribution in [0.1, 0.15) is 12.1 Å². The number of nitrogen functional groups attached to an aromatic ring is 2. The summed E-state index contributed by atoms with van der Waals surface area (Å²) in [7, 11) is -1.40. The summed E-state index contributed by atoms with van der Waals surface area (Å²) in [5, 5.41) is 9.27. The number of aromatic nitrogens is 3. The molecule has 0 fully saturated rings. The van der Waals surface area contributed by atoms with Crippen molar-refractivity contribution in [1.29, 1.82) is 0 Å². The molecule has 0 aliphatic carbocycles. The van der Waals surface area contributed by atoms with Crippen molar-refractivity contribution in [2.75, 3.05) is 11.5 Å². The van der Waals surface area contributed by atoms with Gasteiger partial charge in [-0.05, 0) is 12.8 Å². The molecule has 0 radical (unpaired) electrons. The van der Waals surface area contributed by atoms with Crippen LogP contribution in [0.15, 0.2) is 30.3 Å². The van der Waals surface area contributed by atoms with E-state index < -0.39 is 8.07 Å². The highest BCUT2D eigenvalue weighted by Crippen LogP contribution is 2.16. The van der Waals surface area contributed by atoms with Gasteiger partial charge in [0.05, 0.1) is 8.07 Å². The van der Waals surface area contributed by atoms with E-state index in [0.29, 0.717) is 5.82 Å². The van der Waals surface area contributed by atoms with Crippen LogP contribution in [0.5, 0.6) is 0 Å². The zero-order chi connectivity index (χ0) is 14.6. The second-order valence-corrected chi connectivity index (χ2v) is 10.5. The highest BCUT2D eigenvalue weighted by atomic mass is 28.3. The van der Waals surface area contributed by atoms with Crippen molar-refractivity contribution in [1.82, 2.24) is 15.2 Å². The zero-order valence-electron chi connectivity index (χ0n) is 12.0. The minimum Gasteiger partial charge on any atom is -0.382 e. The number of nitrogens with two attached hydrogens (primary N) is 2. The summed E-state index contributed by atoms with van der Waals surface area (Å²) in [4.78, 5) is 3.94. The summed E-state index contributed by atoms with van der Waals surface area (Å²) in [6.45, 7) is 4.78. The molecule has 1 heterocycles. The van der Waals surface area contributed by atoms with E-state index in [0.717, 1.165) is 18.5 Å². The molecule has 0 spiro atoms. The van der Waals surface area contributed by atoms with Crippen molar-refractivity contribution in [3.05, 3.63) is 36.0 Å². The molecule has 2 rings (SSSR count). The highest BCUT2D eigenvalue weighted by molar-refractivity contribution is 6.89. The molecule has 0 aliphatic heterocycles. The monoisotopic (exact) mass is 287 g/mol. The van der Waals surface area contributed by atoms with Crippen LogP contribution in [-0.4, -0.2) is 23.3 Å². The Morgan fingerprint density at radius 1 is 1.05 bits per heavy atom. The van der Waals surface area contributed by atoms with Gasteiger partial charge in [0.15, 0.2) is 5.82 Å². The molecule has 0 atom stereocenters. The van der Waals surface area contributed by atoms with Crippen molar-refractivity contribution in [2.45, 2.75) is 32.0 Å². The average Bonchev–Trinajstić information content (AvgIpc) is 2.42. The first kappa shape index (κ1) is 14.5. The second-order valence-electron chi connectivity index (χ2n) is 5.61. The maximum atomic E-state index is 5.80. The normalized spacial score (nSPS) is 11.5. The Labute approximate surface area is 120 Å². The maximum absolute atomic E-state index is 5.80. The Hall–Kier alpha value is -1.95. The third-order valence-electron chi connectivity index (χ3n) is 3.57. The fourth-order valence-corrected chi connectivity index (χ4v) is 4.73. The summed E-state index contributed by atoms with van der Waals surface area (Å²) in [5.41, 5.74) is 12.0. The lowest BCUT2D eigenvalue weighted by atomic mass is 10.2. The Kier molecular flexibility index (Phi) is 4.34. The van der Waals surface area contributed by atoms with Crippen LogP contribution in [0.3, 0.4) is 0 Å². The molecule has 4 N–H and O–H groups in total. The van der Waals surface area contributed by atoms with Gasteiger partial charge < -0.3 is 11.5 Å². The van der Waals surface area contributed by atoms with Gasteiger partial charge in [0.1, 0.15) is 5.69 Å². The predicted molar refractivity (Wildman–Crippen MR) is 85.3 cm³/mol. The number of hydrogen-bond acceptors (Lipinski definition) is 5. The number of nitrogens with zero attached hydrogens (tertiary/aromatic N) is 3. The van der Waals surface area contributed by atoms with Gasteiger partial charge in [-0.2, -0.15) is 4.98 Å². The molecule has 2 aromatic rings. The topological polar surface area (TPSA) is 90.7 Å². The Bertz CT molecular complexity index is 571. The molecule has 5 nitrogen and oxygen atoms in total. The first-order valence-electron chi connectivity index (χ1n) is 6.79. The van der Waals surface area contributed by atoms with Gasteiger partial charge in [-0.1, -0.05) is 54.7 Å². The molecular weight excluding hydrogens is 266 g/mol. The summed E-state index contributed by atoms with van der Waals surface area (Å²) < 4.78 is 0. The van der Waals surface area contributed by atoms with E-state index in [-0.39, 0.29) is 5.95 Å². The van der Waals surface area contributed by atoms with Gasteiger partial charge in [0, 0.05) is 0 Å². The third-order valence-corrected chi connectivity index (χ3v) is 7.07. The van der Waals surface area contributed by atoms with Crippen molar-refractivity contribution in [3.63, 3.8) is 0 Å². The average molecular weight is 287 g/mol. The Morgan fingerprint density at radius 2 is 1.75 bits per heavy atom. The van der Waals surface area contributed by atoms with E-state index in [1.807, 2.05) is 0 Å². The van der Waals surface area contributed by atoms with Gasteiger partial charge in [-0.3, -0.25) is 0 Å². The fraction of sp³-hybridized carbons (Fsp3) is 0.357. The smallest absolute Gasteiger partial charge is 0.242 e. The summed E-state index contributed by atoms with van der Waals surface area (Å²) in [5.74, 6) is 0.530. The Morgan fingerprint density at radius 3 is 2.40 bits per heavy atom. The minimum absolute atomic E-state index is 0.130. The van der Waals surface area contributed by atoms with Crippen LogP contribution in [0.4, 0.5) is 11.8 Å². The molecular formula is C14H21N5Si. The molecule has 0 amide bonds. The molecule has 1 aromatic carbocycles. The van der Waals surface area contributed by atoms with Gasteiger partial charge in [-0.25, -0.2) is 0 Å². The van der Waals surface area contributed by atoms with Gasteiger partial charge in [-0.15, -0.1) is 10.2 Å². The molecule has 106 valence electrons. The van der Waals surface area contributed by atoms with E-state index >= 15 is 0 Å². The van der Waals surface area contributed by atoms with Gasteiger partial charge in [0.2, 0.25) is 5.95 Å². The Balaban J connectivity index is 1.95. The lowest BCUT2D eigenvalue weighted by Crippen LogP contribution is -2.40. The van der Waals surface area contributed by atoms with E-state index in [2.05, 4.69) is 58.6 Å². The molecule has 1 aromatic heterocycles. The van der Waals surface area contributed by atoms with Crippen LogP contribution in [0.25, 0.3) is 0 Å². The van der Waals surface area contributed by atoms with E-state index in [4.69, 9.17) is 11.5 Å². The first-order valence-corrected chi connectivity index (χ1v) is 10.00. The van der Waals surface area contributed by atoms with Crippen molar-refractivity contribution >= 4 is 25.0 Å². The molecule has 0 saturated heterocycles. The molecule has 0 bridgehead atoms. The minimum atomic E-state index is -1.40. The van der Waals surface area contributed by atoms with Crippen LogP contribution >= 0.6 is 0 Å². The maximum Gasteiger partial charge on any atom is 0.242 e. The highest BCUT2D eigenvalue weighted by Gasteiger charge is 2.22. The van der Waals surface area contributed by atoms with Crippen molar-refractivity contribution in [2.24, 2.45) is 0 Å². The third kappa shape index (κ3) is 3.54. The zero-order valence-corrected chi connectivity index (χ0v) is 13.0. The molecule has 0 unspecified atom stereocenters. The van der Waals surface area contributed by atoms with Gasteiger partial charge >= 0.3 is 0 Å². The second kappa shape index (κ2) is 6.00. The summed E-state index contributed by atoms with van der Waals surface area (Å²) in [6.07, 6.45) is 1.84. The number of hydrogen-bond donors (Lipinski definition) is 2. The number of aryl methyl sites for hydroxylation is 1. The quantitative estimate of drug-likeness (QED) is 0.815. The predicted octanol–water partition coefficient (Wildman–Crippen LogP) is 1.58. The summed E-state index contributed by atoms with van der Waals surface area (Å²) >= 11 is 0. The molecule has 20 heavy (non-hydrogen) atoms. The fourth-order valence-electron chi connectivity index (χ4n) is 2.28. The van der Waals surface area contributed by atoms with Gasteiger partial charge in [0.25, 0.3) is 0 Å². The van der Waals surface area contributed by atoms with E-state index in [1.54, 1.807) is 0 Å². The largest absolute Gasteiger partial charge is 0.382 e. The van der Waals surface area contributed by atoms with Crippen molar-refractivity contribution in [3.8, 4) is 0 Å². The summed E-state index contributed by atoms with van der Waals surface area (Å²) in [6, 6.07) is 11.9. The number of anilines is 2. The van der Waals surface area contributed by atoms with Crippen LogP contribution in [-0.2, 0) is 6.42 Å². The van der Waals surface area contributed by atoms with Crippen LogP contribution in [0.2, 0.25) is 19.1 Å². The lowest BCUT2D eigenvalue weighted by Gasteiger charge is -2.22. The first-order chi connectivity index (χ1) is 9.49. The van der Waals surface area contributed by atoms with Crippen LogP contribution in [0, 0.1) is 0 Å². The van der Waals surface area contributed by atoms with E-state index in [9.17, 15) is 0 Å². The molecule has 6 heteroatoms. The lowest BCUT2D eigenvalue weighted by molar-refractivity contribution is 0.821. The SMILES string of the molecule is C[Si](C)(CCCc1nnc(N)nc1N)c1ccccc1. The number of rotatable bonds is 5. The van der Waals surface area contributed by atoms with E-state index in [1.165, 1.54) is 11.2 Å². The van der Waals surface area contributed by atoms with Crippen molar-refractivity contribution < 1.29 is 0 Å².